The fourth-order valence-corrected chi connectivity index (χ4v) is 11.6. The average Bonchev–Trinajstić information content (AvgIpc) is 2.83. The summed E-state index contributed by atoms with van der Waals surface area (Å²) in [5, 5.41) is 4.17. The fraction of sp³-hybridized carbons (Fsp3) is 0.438. The molecule has 1 nitrogen and oxygen atoms in total. The van der Waals surface area contributed by atoms with Crippen LogP contribution in [0.5, 0.6) is 0 Å². The van der Waals surface area contributed by atoms with Gasteiger partial charge >= 0.3 is 35.3 Å². The SMILES string of the molecule is CC([PH+](O)c1c(C(C)(C)C)cc(C(C)(C)C)cc1C(C)(C)C)[PH+](c1ccccc1)c1ccccc1.[Cl][Pt][Cl]. The molecule has 0 radical (unpaired) electrons. The molecule has 0 bridgehead atoms. The molecule has 0 heterocycles. The molecule has 2 unspecified atom stereocenters. The summed E-state index contributed by atoms with van der Waals surface area (Å²) in [4.78, 5) is 12.4. The Morgan fingerprint density at radius 1 is 0.658 bits per heavy atom. The normalized spacial score (nSPS) is 14.2. The Kier molecular flexibility index (Phi) is 12.6. The minimum absolute atomic E-state index is 0.0511. The number of hydrogen-bond donors (Lipinski definition) is 1. The van der Waals surface area contributed by atoms with Crippen LogP contribution in [-0.2, 0) is 32.7 Å². The quantitative estimate of drug-likeness (QED) is 0.257. The third-order valence-corrected chi connectivity index (χ3v) is 13.2. The Labute approximate surface area is 251 Å². The zero-order valence-electron chi connectivity index (χ0n) is 24.5. The maximum absolute atomic E-state index is 12.4. The van der Waals surface area contributed by atoms with E-state index in [1.54, 1.807) is 0 Å². The van der Waals surface area contributed by atoms with Crippen LogP contribution in [0, 0.1) is 0 Å². The predicted octanol–water partition coefficient (Wildman–Crippen LogP) is 8.91. The summed E-state index contributed by atoms with van der Waals surface area (Å²) in [7, 11) is 6.68. The summed E-state index contributed by atoms with van der Waals surface area (Å²) < 4.78 is 0. The maximum atomic E-state index is 12.4. The van der Waals surface area contributed by atoms with Crippen molar-refractivity contribution in [1.82, 2.24) is 0 Å². The standard InChI is InChI=1S/C32H44OP2.2ClH.Pt/c1-23(34(25-17-13-11-14-18-25)26-19-15-12-16-20-26)35(33)29-27(31(5,6)7)21-24(30(2,3)4)22-28(29)32(8,9)10;;;/h11-23,33H,1-10H3;2*1H;/q;;;+2. The van der Waals surface area contributed by atoms with Crippen molar-refractivity contribution in [2.75, 3.05) is 0 Å². The first-order valence-corrected chi connectivity index (χ1v) is 21.8. The monoisotopic (exact) mass is 773 g/mol. The molecular weight excluding hydrogens is 728 g/mol. The van der Waals surface area contributed by atoms with Crippen molar-refractivity contribution in [3.8, 4) is 0 Å². The molecule has 0 fully saturated rings. The Balaban J connectivity index is 0.00000161. The van der Waals surface area contributed by atoms with Crippen LogP contribution in [-0.4, -0.2) is 10.3 Å². The molecule has 0 amide bonds. The molecule has 0 saturated heterocycles. The van der Waals surface area contributed by atoms with E-state index in [0.29, 0.717) is 0 Å². The number of benzene rings is 3. The molecule has 0 spiro atoms. The van der Waals surface area contributed by atoms with Gasteiger partial charge in [-0.1, -0.05) is 111 Å². The van der Waals surface area contributed by atoms with Crippen LogP contribution >= 0.6 is 34.9 Å². The summed E-state index contributed by atoms with van der Waals surface area (Å²) in [5.41, 5.74) is 3.94. The first-order chi connectivity index (χ1) is 17.5. The van der Waals surface area contributed by atoms with E-state index in [9.17, 15) is 4.89 Å². The van der Waals surface area contributed by atoms with Gasteiger partial charge in [0, 0.05) is 18.1 Å². The van der Waals surface area contributed by atoms with Crippen LogP contribution < -0.4 is 15.9 Å². The molecule has 3 rings (SSSR count). The van der Waals surface area contributed by atoms with E-state index in [-0.39, 0.29) is 21.6 Å². The molecule has 3 aromatic carbocycles. The third kappa shape index (κ3) is 8.87. The van der Waals surface area contributed by atoms with Crippen molar-refractivity contribution in [3.63, 3.8) is 0 Å². The van der Waals surface area contributed by atoms with Crippen LogP contribution in [0.25, 0.3) is 0 Å². The zero-order chi connectivity index (χ0) is 28.9. The molecule has 212 valence electrons. The first-order valence-electron chi connectivity index (χ1n) is 13.1. The van der Waals surface area contributed by atoms with E-state index in [2.05, 4.69) is 142 Å². The van der Waals surface area contributed by atoms with Gasteiger partial charge in [-0.2, -0.15) is 0 Å². The summed E-state index contributed by atoms with van der Waals surface area (Å²) in [6.45, 7) is 23.0. The second-order valence-electron chi connectivity index (χ2n) is 13.0. The number of rotatable bonds is 5. The molecule has 3 aromatic rings. The van der Waals surface area contributed by atoms with Crippen LogP contribution in [0.3, 0.4) is 0 Å². The molecule has 1 N–H and O–H groups in total. The van der Waals surface area contributed by atoms with E-state index >= 15 is 0 Å². The van der Waals surface area contributed by atoms with E-state index in [0.717, 1.165) is 0 Å². The van der Waals surface area contributed by atoms with Crippen molar-refractivity contribution in [3.05, 3.63) is 89.5 Å². The summed E-state index contributed by atoms with van der Waals surface area (Å²) in [5.74, 6) is 0. The van der Waals surface area contributed by atoms with Gasteiger partial charge in [0.05, 0.1) is 0 Å². The average molecular weight is 775 g/mol. The Morgan fingerprint density at radius 2 is 1.00 bits per heavy atom. The van der Waals surface area contributed by atoms with Crippen LogP contribution in [0.15, 0.2) is 72.8 Å². The van der Waals surface area contributed by atoms with Crippen molar-refractivity contribution < 1.29 is 21.4 Å². The summed E-state index contributed by atoms with van der Waals surface area (Å²) in [6.07, 6.45) is 0. The topological polar surface area (TPSA) is 20.2 Å². The van der Waals surface area contributed by atoms with Gasteiger partial charge in [-0.25, -0.2) is 4.89 Å². The fourth-order valence-electron chi connectivity index (χ4n) is 4.79. The summed E-state index contributed by atoms with van der Waals surface area (Å²) in [6, 6.07) is 26.5. The van der Waals surface area contributed by atoms with Gasteiger partial charge in [0.25, 0.3) is 0 Å². The van der Waals surface area contributed by atoms with E-state index in [1.807, 2.05) is 0 Å². The Hall–Kier alpha value is -0.252. The third-order valence-electron chi connectivity index (χ3n) is 6.89. The van der Waals surface area contributed by atoms with Gasteiger partial charge in [0.2, 0.25) is 13.5 Å². The number of hydrogen-bond acceptors (Lipinski definition) is 1. The van der Waals surface area contributed by atoms with Gasteiger partial charge in [-0.3, -0.25) is 0 Å². The number of halogens is 2. The van der Waals surface area contributed by atoms with Crippen LogP contribution in [0.4, 0.5) is 0 Å². The van der Waals surface area contributed by atoms with Crippen molar-refractivity contribution >= 4 is 50.8 Å². The van der Waals surface area contributed by atoms with Gasteiger partial charge in [0.1, 0.15) is 23.8 Å². The molecule has 0 aliphatic carbocycles. The minimum atomic E-state index is -1.88. The van der Waals surface area contributed by atoms with Crippen molar-refractivity contribution in [1.29, 1.82) is 0 Å². The molecule has 0 aliphatic heterocycles. The Bertz CT molecular complexity index is 1080. The first kappa shape index (κ1) is 34.0. The van der Waals surface area contributed by atoms with Gasteiger partial charge < -0.3 is 0 Å². The predicted molar refractivity (Wildman–Crippen MR) is 174 cm³/mol. The molecular formula is C32H46Cl2OP2Pt+2. The van der Waals surface area contributed by atoms with E-state index in [4.69, 9.17) is 18.8 Å². The molecule has 38 heavy (non-hydrogen) atoms. The molecule has 6 heteroatoms. The van der Waals surface area contributed by atoms with Crippen LogP contribution in [0.1, 0.15) is 85.9 Å². The van der Waals surface area contributed by atoms with Gasteiger partial charge in [-0.15, -0.1) is 0 Å². The molecule has 0 aliphatic rings. The van der Waals surface area contributed by atoms with Crippen LogP contribution in [0.2, 0.25) is 0 Å². The van der Waals surface area contributed by atoms with Crippen molar-refractivity contribution in [2.45, 2.75) is 90.9 Å². The second-order valence-corrected chi connectivity index (χ2v) is 21.8. The van der Waals surface area contributed by atoms with E-state index in [1.165, 1.54) is 32.6 Å². The summed E-state index contributed by atoms with van der Waals surface area (Å²) >= 11 is -0.472. The van der Waals surface area contributed by atoms with E-state index < -0.39 is 32.6 Å². The van der Waals surface area contributed by atoms with Gasteiger partial charge in [0.15, 0.2) is 0 Å². The zero-order valence-corrected chi connectivity index (χ0v) is 30.3. The molecule has 0 aromatic heterocycles. The second kappa shape index (κ2) is 14.1. The molecule has 0 saturated carbocycles. The Morgan fingerprint density at radius 3 is 1.29 bits per heavy atom. The van der Waals surface area contributed by atoms with Gasteiger partial charge in [-0.05, 0) is 46.1 Å². The molecule has 2 atom stereocenters. The van der Waals surface area contributed by atoms with Crippen molar-refractivity contribution in [2.24, 2.45) is 0 Å².